The third-order valence-corrected chi connectivity index (χ3v) is 3.73. The second-order valence-corrected chi connectivity index (χ2v) is 6.14. The summed E-state index contributed by atoms with van der Waals surface area (Å²) in [5.74, 6) is 7.66. The maximum Gasteiger partial charge on any atom is 0.145 e. The summed E-state index contributed by atoms with van der Waals surface area (Å²) < 4.78 is 1.02. The number of hydrogen-bond donors (Lipinski definition) is 3. The number of benzene rings is 1. The van der Waals surface area contributed by atoms with Crippen molar-refractivity contribution < 1.29 is 0 Å². The quantitative estimate of drug-likeness (QED) is 0.410. The molecule has 0 aliphatic carbocycles. The molecular formula is C13H15ClIN5. The molecule has 1 aromatic carbocycles. The lowest BCUT2D eigenvalue weighted by molar-refractivity contribution is 0.777. The Morgan fingerprint density at radius 3 is 2.50 bits per heavy atom. The molecule has 0 radical (unpaired) electrons. The Bertz CT molecular complexity index is 618. The number of nitrogens with two attached hydrogens (primary N) is 1. The first-order valence-corrected chi connectivity index (χ1v) is 7.53. The van der Waals surface area contributed by atoms with Crippen LogP contribution in [0.15, 0.2) is 24.3 Å². The summed E-state index contributed by atoms with van der Waals surface area (Å²) in [6.45, 7) is 4.07. The molecule has 0 aliphatic heterocycles. The van der Waals surface area contributed by atoms with E-state index < -0.39 is 0 Å². The summed E-state index contributed by atoms with van der Waals surface area (Å²) >= 11 is 8.17. The van der Waals surface area contributed by atoms with Crippen molar-refractivity contribution in [2.24, 2.45) is 5.84 Å². The molecule has 0 fully saturated rings. The molecular weight excluding hydrogens is 389 g/mol. The first-order chi connectivity index (χ1) is 9.49. The summed E-state index contributed by atoms with van der Waals surface area (Å²) in [6.07, 6.45) is 0. The van der Waals surface area contributed by atoms with Crippen molar-refractivity contribution in [3.63, 3.8) is 0 Å². The maximum absolute atomic E-state index is 5.95. The second-order valence-electron chi connectivity index (χ2n) is 4.54. The Hall–Kier alpha value is -1.12. The molecule has 4 N–H and O–H groups in total. The third kappa shape index (κ3) is 3.71. The van der Waals surface area contributed by atoms with Crippen LogP contribution in [0, 0.1) is 3.57 Å². The molecule has 0 spiro atoms. The molecule has 2 aromatic rings. The van der Waals surface area contributed by atoms with Gasteiger partial charge in [-0.1, -0.05) is 25.4 Å². The Morgan fingerprint density at radius 2 is 1.90 bits per heavy atom. The summed E-state index contributed by atoms with van der Waals surface area (Å²) in [5.41, 5.74) is 3.49. The van der Waals surface area contributed by atoms with Crippen LogP contribution in [-0.4, -0.2) is 9.97 Å². The van der Waals surface area contributed by atoms with Crippen molar-refractivity contribution in [3.8, 4) is 0 Å². The second kappa shape index (κ2) is 6.55. The first-order valence-electron chi connectivity index (χ1n) is 6.07. The molecule has 0 saturated carbocycles. The smallest absolute Gasteiger partial charge is 0.145 e. The molecule has 106 valence electrons. The van der Waals surface area contributed by atoms with Crippen molar-refractivity contribution in [1.29, 1.82) is 0 Å². The zero-order chi connectivity index (χ0) is 14.7. The standard InChI is InChI=1S/C13H15ClIN5/c1-7(2)13-18-11(6-12(19-13)20-16)17-10-4-3-8(14)5-9(10)15/h3-7H,16H2,1-2H3,(H2,17,18,19,20). The van der Waals surface area contributed by atoms with Crippen molar-refractivity contribution in [3.05, 3.63) is 38.7 Å². The van der Waals surface area contributed by atoms with Crippen LogP contribution in [0.25, 0.3) is 0 Å². The molecule has 20 heavy (non-hydrogen) atoms. The van der Waals surface area contributed by atoms with E-state index in [-0.39, 0.29) is 5.92 Å². The predicted molar refractivity (Wildman–Crippen MR) is 91.4 cm³/mol. The highest BCUT2D eigenvalue weighted by Crippen LogP contribution is 2.26. The van der Waals surface area contributed by atoms with Crippen LogP contribution in [0.4, 0.5) is 17.3 Å². The lowest BCUT2D eigenvalue weighted by Crippen LogP contribution is -2.12. The van der Waals surface area contributed by atoms with Gasteiger partial charge in [0.05, 0.1) is 5.69 Å². The number of halogens is 2. The highest BCUT2D eigenvalue weighted by atomic mass is 127. The van der Waals surface area contributed by atoms with Gasteiger partial charge in [-0.3, -0.25) is 0 Å². The van der Waals surface area contributed by atoms with Gasteiger partial charge >= 0.3 is 0 Å². The molecule has 0 aliphatic rings. The molecule has 7 heteroatoms. The average Bonchev–Trinajstić information content (AvgIpc) is 2.41. The minimum absolute atomic E-state index is 0.216. The fourth-order valence-electron chi connectivity index (χ4n) is 1.59. The molecule has 1 heterocycles. The zero-order valence-corrected chi connectivity index (χ0v) is 14.0. The Labute approximate surface area is 136 Å². The van der Waals surface area contributed by atoms with Crippen LogP contribution in [0.3, 0.4) is 0 Å². The van der Waals surface area contributed by atoms with E-state index in [1.807, 2.05) is 32.0 Å². The van der Waals surface area contributed by atoms with Crippen molar-refractivity contribution >= 4 is 51.5 Å². The van der Waals surface area contributed by atoms with Gasteiger partial charge < -0.3 is 10.7 Å². The molecule has 0 amide bonds. The van der Waals surface area contributed by atoms with Crippen molar-refractivity contribution in [2.45, 2.75) is 19.8 Å². The van der Waals surface area contributed by atoms with E-state index in [2.05, 4.69) is 43.3 Å². The summed E-state index contributed by atoms with van der Waals surface area (Å²) in [5, 5.41) is 3.96. The van der Waals surface area contributed by atoms with E-state index >= 15 is 0 Å². The molecule has 0 unspecified atom stereocenters. The van der Waals surface area contributed by atoms with E-state index in [1.165, 1.54) is 0 Å². The molecule has 1 aromatic heterocycles. The van der Waals surface area contributed by atoms with Crippen LogP contribution < -0.4 is 16.6 Å². The van der Waals surface area contributed by atoms with Gasteiger partial charge in [0.1, 0.15) is 17.5 Å². The van der Waals surface area contributed by atoms with Crippen LogP contribution in [0.5, 0.6) is 0 Å². The summed E-state index contributed by atoms with van der Waals surface area (Å²) in [6, 6.07) is 7.39. The summed E-state index contributed by atoms with van der Waals surface area (Å²) in [7, 11) is 0. The monoisotopic (exact) mass is 403 g/mol. The van der Waals surface area contributed by atoms with Crippen molar-refractivity contribution in [2.75, 3.05) is 10.7 Å². The number of hydrogen-bond acceptors (Lipinski definition) is 5. The highest BCUT2D eigenvalue weighted by molar-refractivity contribution is 14.1. The van der Waals surface area contributed by atoms with Crippen molar-refractivity contribution in [1.82, 2.24) is 9.97 Å². The molecule has 0 bridgehead atoms. The van der Waals surface area contributed by atoms with Gasteiger partial charge in [0.2, 0.25) is 0 Å². The van der Waals surface area contributed by atoms with E-state index in [0.29, 0.717) is 16.7 Å². The van der Waals surface area contributed by atoms with Gasteiger partial charge in [-0.25, -0.2) is 15.8 Å². The molecule has 5 nitrogen and oxygen atoms in total. The molecule has 0 atom stereocenters. The van der Waals surface area contributed by atoms with E-state index in [0.717, 1.165) is 15.1 Å². The van der Waals surface area contributed by atoms with E-state index in [9.17, 15) is 0 Å². The Balaban J connectivity index is 2.34. The first kappa shape index (κ1) is 15.3. The molecule has 2 rings (SSSR count). The van der Waals surface area contributed by atoms with E-state index in [1.54, 1.807) is 6.07 Å². The lowest BCUT2D eigenvalue weighted by Gasteiger charge is -2.12. The largest absolute Gasteiger partial charge is 0.339 e. The Kier molecular flexibility index (Phi) is 5.00. The van der Waals surface area contributed by atoms with Gasteiger partial charge in [-0.2, -0.15) is 0 Å². The third-order valence-electron chi connectivity index (χ3n) is 2.60. The number of hydrazine groups is 1. The molecule has 0 saturated heterocycles. The number of nitrogens with zero attached hydrogens (tertiary/aromatic N) is 2. The van der Waals surface area contributed by atoms with Crippen LogP contribution in [0.1, 0.15) is 25.6 Å². The average molecular weight is 404 g/mol. The van der Waals surface area contributed by atoms with Gasteiger partial charge in [0.25, 0.3) is 0 Å². The van der Waals surface area contributed by atoms with Crippen LogP contribution >= 0.6 is 34.2 Å². The van der Waals surface area contributed by atoms with Crippen LogP contribution in [0.2, 0.25) is 5.02 Å². The predicted octanol–water partition coefficient (Wildman–Crippen LogP) is 3.89. The lowest BCUT2D eigenvalue weighted by atomic mass is 10.2. The maximum atomic E-state index is 5.95. The number of rotatable bonds is 4. The van der Waals surface area contributed by atoms with Gasteiger partial charge in [-0.05, 0) is 40.8 Å². The number of anilines is 3. The minimum atomic E-state index is 0.216. The zero-order valence-electron chi connectivity index (χ0n) is 11.1. The van der Waals surface area contributed by atoms with Crippen LogP contribution in [-0.2, 0) is 0 Å². The number of aromatic nitrogens is 2. The fourth-order valence-corrected chi connectivity index (χ4v) is 2.60. The Morgan fingerprint density at radius 1 is 1.20 bits per heavy atom. The number of nitrogen functional groups attached to an aromatic ring is 1. The van der Waals surface area contributed by atoms with Gasteiger partial charge in [0, 0.05) is 20.6 Å². The summed E-state index contributed by atoms with van der Waals surface area (Å²) in [4.78, 5) is 8.80. The normalized spacial score (nSPS) is 10.7. The van der Waals surface area contributed by atoms with Gasteiger partial charge in [-0.15, -0.1) is 0 Å². The number of nitrogens with one attached hydrogen (secondary N) is 2. The van der Waals surface area contributed by atoms with Gasteiger partial charge in [0.15, 0.2) is 0 Å². The topological polar surface area (TPSA) is 75.9 Å². The minimum Gasteiger partial charge on any atom is -0.339 e. The van der Waals surface area contributed by atoms with E-state index in [4.69, 9.17) is 17.4 Å². The fraction of sp³-hybridized carbons (Fsp3) is 0.231. The highest BCUT2D eigenvalue weighted by Gasteiger charge is 2.09. The SMILES string of the molecule is CC(C)c1nc(NN)cc(Nc2ccc(Cl)cc2I)n1.